The van der Waals surface area contributed by atoms with Crippen molar-refractivity contribution >= 4 is 20.5 Å². The van der Waals surface area contributed by atoms with Gasteiger partial charge in [0, 0.05) is 0 Å². The Balaban J connectivity index is 2.11. The Hall–Kier alpha value is -3.22. The zero-order chi connectivity index (χ0) is 20.2. The summed E-state index contributed by atoms with van der Waals surface area (Å²) in [5, 5.41) is 0.836. The molecule has 0 saturated heterocycles. The molecule has 0 spiro atoms. The van der Waals surface area contributed by atoms with Crippen LogP contribution in [0.15, 0.2) is 97.1 Å². The van der Waals surface area contributed by atoms with Crippen LogP contribution in [-0.2, 0) is 4.74 Å². The first-order valence-corrected chi connectivity index (χ1v) is 9.99. The Kier molecular flexibility index (Phi) is 5.55. The third-order valence-electron chi connectivity index (χ3n) is 4.99. The molecule has 4 aromatic rings. The molecule has 0 aliphatic rings. The van der Waals surface area contributed by atoms with Gasteiger partial charge in [0.2, 0.25) is 0 Å². The van der Waals surface area contributed by atoms with Crippen molar-refractivity contribution in [3.8, 4) is 33.4 Å². The van der Waals surface area contributed by atoms with E-state index in [9.17, 15) is 4.79 Å². The van der Waals surface area contributed by atoms with Gasteiger partial charge in [0.05, 0.1) is 12.7 Å². The third-order valence-corrected chi connectivity index (χ3v) is 5.56. The van der Waals surface area contributed by atoms with E-state index in [0.29, 0.717) is 5.56 Å². The lowest BCUT2D eigenvalue weighted by molar-refractivity contribution is 0.0603. The maximum atomic E-state index is 12.8. The monoisotopic (exact) mass is 396 g/mol. The van der Waals surface area contributed by atoms with Gasteiger partial charge in [-0.25, -0.2) is 4.79 Å². The molecular formula is C26H21O2P. The number of benzene rings is 4. The van der Waals surface area contributed by atoms with Crippen molar-refractivity contribution in [1.82, 2.24) is 0 Å². The van der Waals surface area contributed by atoms with Crippen LogP contribution in [0.3, 0.4) is 0 Å². The van der Waals surface area contributed by atoms with Crippen molar-refractivity contribution in [3.63, 3.8) is 0 Å². The molecule has 0 aliphatic heterocycles. The van der Waals surface area contributed by atoms with E-state index in [4.69, 9.17) is 4.74 Å². The molecule has 4 aromatic carbocycles. The van der Waals surface area contributed by atoms with Crippen molar-refractivity contribution in [2.45, 2.75) is 0 Å². The van der Waals surface area contributed by atoms with E-state index in [0.717, 1.165) is 38.7 Å². The molecule has 0 fully saturated rings. The van der Waals surface area contributed by atoms with E-state index < -0.39 is 0 Å². The van der Waals surface area contributed by atoms with Gasteiger partial charge < -0.3 is 4.74 Å². The minimum Gasteiger partial charge on any atom is -0.465 e. The van der Waals surface area contributed by atoms with Crippen LogP contribution < -0.4 is 5.30 Å². The molecule has 0 aromatic heterocycles. The van der Waals surface area contributed by atoms with Gasteiger partial charge in [-0.1, -0.05) is 91.0 Å². The first-order chi connectivity index (χ1) is 14.2. The lowest BCUT2D eigenvalue weighted by atomic mass is 9.87. The molecule has 0 radical (unpaired) electrons. The van der Waals surface area contributed by atoms with Gasteiger partial charge in [-0.05, 0) is 44.8 Å². The van der Waals surface area contributed by atoms with Gasteiger partial charge in [-0.15, -0.1) is 9.24 Å². The summed E-state index contributed by atoms with van der Waals surface area (Å²) in [5.74, 6) is -0.342. The fourth-order valence-electron chi connectivity index (χ4n) is 3.63. The Labute approximate surface area is 173 Å². The van der Waals surface area contributed by atoms with Crippen LogP contribution >= 0.6 is 9.24 Å². The second-order valence-electron chi connectivity index (χ2n) is 6.73. The Morgan fingerprint density at radius 2 is 1.14 bits per heavy atom. The van der Waals surface area contributed by atoms with Gasteiger partial charge in [0.25, 0.3) is 0 Å². The molecule has 0 N–H and O–H groups in total. The molecule has 0 amide bonds. The molecule has 0 aliphatic carbocycles. The quantitative estimate of drug-likeness (QED) is 0.314. The molecule has 4 rings (SSSR count). The second-order valence-corrected chi connectivity index (χ2v) is 7.30. The van der Waals surface area contributed by atoms with Gasteiger partial charge in [0.15, 0.2) is 0 Å². The molecule has 1 unspecified atom stereocenters. The highest BCUT2D eigenvalue weighted by Crippen LogP contribution is 2.38. The third kappa shape index (κ3) is 3.72. The van der Waals surface area contributed by atoms with Crippen molar-refractivity contribution in [1.29, 1.82) is 0 Å². The maximum Gasteiger partial charge on any atom is 0.339 e. The molecule has 0 saturated carbocycles. The number of rotatable bonds is 4. The topological polar surface area (TPSA) is 26.3 Å². The highest BCUT2D eigenvalue weighted by molar-refractivity contribution is 7.28. The van der Waals surface area contributed by atoms with E-state index in [2.05, 4.69) is 39.6 Å². The van der Waals surface area contributed by atoms with Gasteiger partial charge in [-0.2, -0.15) is 0 Å². The van der Waals surface area contributed by atoms with Gasteiger partial charge >= 0.3 is 5.97 Å². The van der Waals surface area contributed by atoms with Crippen LogP contribution in [0.25, 0.3) is 33.4 Å². The second kappa shape index (κ2) is 8.43. The minimum absolute atomic E-state index is 0.342. The van der Waals surface area contributed by atoms with Gasteiger partial charge in [0.1, 0.15) is 0 Å². The summed E-state index contributed by atoms with van der Waals surface area (Å²) in [6, 6.07) is 32.5. The zero-order valence-electron chi connectivity index (χ0n) is 16.1. The van der Waals surface area contributed by atoms with Crippen molar-refractivity contribution in [2.75, 3.05) is 7.11 Å². The van der Waals surface area contributed by atoms with E-state index >= 15 is 0 Å². The number of carbonyl (C=O) groups excluding carboxylic acids is 1. The molecular weight excluding hydrogens is 375 g/mol. The summed E-state index contributed by atoms with van der Waals surface area (Å²) in [7, 11) is 4.21. The average Bonchev–Trinajstić information content (AvgIpc) is 2.79. The standard InChI is InChI=1S/C26H21O2P/c1-28-26(27)24-22(19-13-7-3-8-14-19)17-21(18-11-5-2-6-12-18)23(25(24)29)20-15-9-4-10-16-20/h2-17H,29H2,1H3. The number of methoxy groups -OCH3 is 1. The van der Waals surface area contributed by atoms with Crippen molar-refractivity contribution in [3.05, 3.63) is 103 Å². The lowest BCUT2D eigenvalue weighted by Crippen LogP contribution is -2.16. The first kappa shape index (κ1) is 19.1. The summed E-state index contributed by atoms with van der Waals surface area (Å²) in [4.78, 5) is 12.8. The summed E-state index contributed by atoms with van der Waals surface area (Å²) >= 11 is 0. The normalized spacial score (nSPS) is 10.6. The number of hydrogen-bond acceptors (Lipinski definition) is 2. The fourth-order valence-corrected chi connectivity index (χ4v) is 4.23. The van der Waals surface area contributed by atoms with Crippen LogP contribution in [0.2, 0.25) is 0 Å². The van der Waals surface area contributed by atoms with Crippen molar-refractivity contribution in [2.24, 2.45) is 0 Å². The highest BCUT2D eigenvalue weighted by Gasteiger charge is 2.23. The largest absolute Gasteiger partial charge is 0.465 e. The molecule has 2 nitrogen and oxygen atoms in total. The lowest BCUT2D eigenvalue weighted by Gasteiger charge is -2.20. The average molecular weight is 396 g/mol. The zero-order valence-corrected chi connectivity index (χ0v) is 17.3. The molecule has 0 heterocycles. The predicted molar refractivity (Wildman–Crippen MR) is 123 cm³/mol. The minimum atomic E-state index is -0.342. The fraction of sp³-hybridized carbons (Fsp3) is 0.0385. The van der Waals surface area contributed by atoms with Crippen LogP contribution in [-0.4, -0.2) is 13.1 Å². The molecule has 3 heteroatoms. The highest BCUT2D eigenvalue weighted by atomic mass is 31.0. The van der Waals surface area contributed by atoms with E-state index in [1.54, 1.807) is 0 Å². The smallest absolute Gasteiger partial charge is 0.339 e. The van der Waals surface area contributed by atoms with Crippen LogP contribution in [0.4, 0.5) is 0 Å². The Morgan fingerprint density at radius 3 is 1.62 bits per heavy atom. The van der Waals surface area contributed by atoms with Crippen LogP contribution in [0.5, 0.6) is 0 Å². The van der Waals surface area contributed by atoms with E-state index in [1.165, 1.54) is 7.11 Å². The molecule has 142 valence electrons. The number of esters is 1. The predicted octanol–water partition coefficient (Wildman–Crippen LogP) is 5.97. The maximum absolute atomic E-state index is 12.8. The SMILES string of the molecule is COC(=O)c1c(-c2ccccc2)cc(-c2ccccc2)c(-c2ccccc2)c1P. The van der Waals surface area contributed by atoms with Gasteiger partial charge in [-0.3, -0.25) is 0 Å². The number of carbonyl (C=O) groups is 1. The van der Waals surface area contributed by atoms with E-state index in [1.807, 2.05) is 66.7 Å². The summed E-state index contributed by atoms with van der Waals surface area (Å²) in [6.45, 7) is 0. The Morgan fingerprint density at radius 1 is 0.690 bits per heavy atom. The van der Waals surface area contributed by atoms with Crippen LogP contribution in [0.1, 0.15) is 10.4 Å². The molecule has 0 bridgehead atoms. The summed E-state index contributed by atoms with van der Waals surface area (Å²) in [5.41, 5.74) is 6.66. The van der Waals surface area contributed by atoms with Crippen molar-refractivity contribution < 1.29 is 9.53 Å². The molecule has 1 atom stereocenters. The Bertz CT molecular complexity index is 1140. The summed E-state index contributed by atoms with van der Waals surface area (Å²) in [6.07, 6.45) is 0. The number of ether oxygens (including phenoxy) is 1. The summed E-state index contributed by atoms with van der Waals surface area (Å²) < 4.78 is 5.16. The molecule has 29 heavy (non-hydrogen) atoms. The number of hydrogen-bond donors (Lipinski definition) is 0. The van der Waals surface area contributed by atoms with E-state index in [-0.39, 0.29) is 5.97 Å². The first-order valence-electron chi connectivity index (χ1n) is 9.41. The van der Waals surface area contributed by atoms with Crippen LogP contribution in [0, 0.1) is 0 Å².